The first kappa shape index (κ1) is 40.4. The van der Waals surface area contributed by atoms with E-state index in [1.807, 2.05) is 6.92 Å². The van der Waals surface area contributed by atoms with E-state index < -0.39 is 16.6 Å². The van der Waals surface area contributed by atoms with Gasteiger partial charge in [-0.15, -0.1) is 22.9 Å². The maximum absolute atomic E-state index is 12.2. The number of carbonyl (C=O) groups excluding carboxylic acids is 1. The highest BCUT2D eigenvalue weighted by Gasteiger charge is 2.48. The Balaban J connectivity index is 1.88. The van der Waals surface area contributed by atoms with E-state index in [0.717, 1.165) is 37.1 Å². The zero-order valence-corrected chi connectivity index (χ0v) is 35.1. The molecule has 47 heavy (non-hydrogen) atoms. The second kappa shape index (κ2) is 16.8. The number of aryl methyl sites for hydroxylation is 1. The van der Waals surface area contributed by atoms with Gasteiger partial charge in [-0.2, -0.15) is 0 Å². The minimum atomic E-state index is -2.02. The van der Waals surface area contributed by atoms with Crippen LogP contribution in [0.4, 0.5) is 0 Å². The monoisotopic (exact) mass is 721 g/mol. The third-order valence-corrected chi connectivity index (χ3v) is 21.5. The summed E-state index contributed by atoms with van der Waals surface area (Å²) < 4.78 is 19.4. The summed E-state index contributed by atoms with van der Waals surface area (Å²) in [5.41, 5.74) is 2.61. The van der Waals surface area contributed by atoms with Crippen LogP contribution in [0.1, 0.15) is 138 Å². The fraction of sp³-hybridized carbons (Fsp3) is 0.737. The van der Waals surface area contributed by atoms with Crippen LogP contribution in [-0.4, -0.2) is 45.7 Å². The van der Waals surface area contributed by atoms with E-state index in [0.29, 0.717) is 17.4 Å². The molecule has 0 bridgehead atoms. The Hall–Kier alpha value is -1.04. The minimum absolute atomic E-state index is 0.0459. The number of halogens is 1. The van der Waals surface area contributed by atoms with Crippen LogP contribution in [0.5, 0.6) is 0 Å². The van der Waals surface area contributed by atoms with E-state index in [1.54, 1.807) is 6.20 Å². The molecule has 3 rings (SSSR count). The summed E-state index contributed by atoms with van der Waals surface area (Å²) in [7, 11) is -3.96. The van der Waals surface area contributed by atoms with Crippen LogP contribution in [0.2, 0.25) is 36.3 Å². The molecule has 0 aliphatic heterocycles. The van der Waals surface area contributed by atoms with Gasteiger partial charge >= 0.3 is 5.97 Å². The van der Waals surface area contributed by atoms with Crippen molar-refractivity contribution in [1.29, 1.82) is 0 Å². The van der Waals surface area contributed by atoms with Crippen LogP contribution in [0, 0.1) is 5.92 Å². The lowest BCUT2D eigenvalue weighted by Crippen LogP contribution is -2.44. The van der Waals surface area contributed by atoms with Gasteiger partial charge in [0.2, 0.25) is 0 Å². The van der Waals surface area contributed by atoms with Gasteiger partial charge in [-0.1, -0.05) is 92.0 Å². The lowest BCUT2D eigenvalue weighted by Gasteiger charge is -2.40. The number of benzene rings is 1. The summed E-state index contributed by atoms with van der Waals surface area (Å²) in [6.07, 6.45) is 10.2. The number of aromatic nitrogens is 1. The Morgan fingerprint density at radius 3 is 2.19 bits per heavy atom. The summed E-state index contributed by atoms with van der Waals surface area (Å²) in [5.74, 6) is 0.238. The SMILES string of the molecule is CCCCCC(O[Si](C)(C)C(C)(C)C)c1ccc([C@@H]2C(CCCc3ncc(C(=O)OCC)s3)[C@H](Cl)C[C@H]2O[Si](C)(C)C(C)(C)C)cc1. The topological polar surface area (TPSA) is 57.7 Å². The second-order valence-electron chi connectivity index (χ2n) is 16.6. The summed E-state index contributed by atoms with van der Waals surface area (Å²) in [4.78, 5) is 17.3. The van der Waals surface area contributed by atoms with E-state index in [1.165, 1.54) is 41.7 Å². The van der Waals surface area contributed by atoms with Crippen molar-refractivity contribution < 1.29 is 18.4 Å². The number of thiazole rings is 1. The molecule has 5 nitrogen and oxygen atoms in total. The van der Waals surface area contributed by atoms with Crippen molar-refractivity contribution >= 4 is 45.5 Å². The summed E-state index contributed by atoms with van der Waals surface area (Å²) >= 11 is 8.68. The predicted molar refractivity (Wildman–Crippen MR) is 205 cm³/mol. The van der Waals surface area contributed by atoms with E-state index >= 15 is 0 Å². The Morgan fingerprint density at radius 2 is 1.62 bits per heavy atom. The average molecular weight is 723 g/mol. The molecule has 2 aromatic rings. The highest BCUT2D eigenvalue weighted by Crippen LogP contribution is 2.50. The van der Waals surface area contributed by atoms with Crippen molar-refractivity contribution in [2.75, 3.05) is 6.61 Å². The number of carbonyl (C=O) groups is 1. The molecular formula is C38H64ClNO4SSi2. The standard InChI is InChI=1S/C38H64ClNO4SSi2/c1-13-15-16-19-31(43-46(9,10)37(3,4)5)27-21-23-28(24-22-27)35-29(30(39)25-32(35)44-47(11,12)38(6,7)8)18-17-20-34-40-26-33(45-34)36(41)42-14-2/h21-24,26,29-32,35H,13-20,25H2,1-12H3/t29?,30-,31?,32-,35-/m1/s1. The van der Waals surface area contributed by atoms with Crippen LogP contribution >= 0.6 is 22.9 Å². The molecule has 0 amide bonds. The van der Waals surface area contributed by atoms with E-state index in [9.17, 15) is 4.79 Å². The number of rotatable bonds is 16. The predicted octanol–water partition coefficient (Wildman–Crippen LogP) is 12.1. The number of unbranched alkanes of at least 4 members (excludes halogenated alkanes) is 2. The number of alkyl halides is 1. The number of hydrogen-bond acceptors (Lipinski definition) is 6. The molecule has 1 saturated carbocycles. The van der Waals surface area contributed by atoms with Gasteiger partial charge < -0.3 is 13.6 Å². The van der Waals surface area contributed by atoms with Crippen LogP contribution in [0.15, 0.2) is 30.5 Å². The van der Waals surface area contributed by atoms with Gasteiger partial charge in [0, 0.05) is 11.3 Å². The molecule has 1 aromatic carbocycles. The molecular weight excluding hydrogens is 658 g/mol. The molecule has 9 heteroatoms. The second-order valence-corrected chi connectivity index (χ2v) is 27.8. The molecule has 1 aromatic heterocycles. The molecule has 0 saturated heterocycles. The molecule has 0 spiro atoms. The first-order valence-electron chi connectivity index (χ1n) is 18.0. The van der Waals surface area contributed by atoms with E-state index in [4.69, 9.17) is 25.2 Å². The lowest BCUT2D eigenvalue weighted by atomic mass is 9.84. The van der Waals surface area contributed by atoms with Crippen LogP contribution in [-0.2, 0) is 20.0 Å². The summed E-state index contributed by atoms with van der Waals surface area (Å²) in [5, 5.41) is 1.30. The average Bonchev–Trinajstić information content (AvgIpc) is 3.55. The van der Waals surface area contributed by atoms with Crippen molar-refractivity contribution in [3.8, 4) is 0 Å². The Morgan fingerprint density at radius 1 is 0.979 bits per heavy atom. The first-order chi connectivity index (χ1) is 21.8. The quantitative estimate of drug-likeness (QED) is 0.0747. The molecule has 5 atom stereocenters. The number of ether oxygens (including phenoxy) is 1. The van der Waals surface area contributed by atoms with E-state index in [2.05, 4.69) is 104 Å². The molecule has 1 aliphatic carbocycles. The minimum Gasteiger partial charge on any atom is -0.462 e. The highest BCUT2D eigenvalue weighted by molar-refractivity contribution is 7.13. The normalized spacial score (nSPS) is 21.6. The van der Waals surface area contributed by atoms with Crippen molar-refractivity contribution in [2.24, 2.45) is 5.92 Å². The maximum Gasteiger partial charge on any atom is 0.349 e. The zero-order chi connectivity index (χ0) is 35.2. The van der Waals surface area contributed by atoms with Crippen LogP contribution in [0.3, 0.4) is 0 Å². The van der Waals surface area contributed by atoms with Gasteiger partial charge in [0.1, 0.15) is 4.88 Å². The van der Waals surface area contributed by atoms with Crippen LogP contribution in [0.25, 0.3) is 0 Å². The van der Waals surface area contributed by atoms with Gasteiger partial charge in [0.15, 0.2) is 16.6 Å². The highest BCUT2D eigenvalue weighted by atomic mass is 35.5. The fourth-order valence-corrected chi connectivity index (χ4v) is 10.1. The fourth-order valence-electron chi connectivity index (χ4n) is 6.09. The molecule has 1 heterocycles. The number of esters is 1. The smallest absolute Gasteiger partial charge is 0.349 e. The maximum atomic E-state index is 12.2. The molecule has 2 unspecified atom stereocenters. The molecule has 1 aliphatic rings. The molecule has 266 valence electrons. The molecule has 0 N–H and O–H groups in total. The summed E-state index contributed by atoms with van der Waals surface area (Å²) in [6, 6.07) is 9.34. The van der Waals surface area contributed by atoms with Crippen molar-refractivity contribution in [3.63, 3.8) is 0 Å². The first-order valence-corrected chi connectivity index (χ1v) is 25.1. The van der Waals surface area contributed by atoms with Crippen molar-refractivity contribution in [1.82, 2.24) is 4.98 Å². The van der Waals surface area contributed by atoms with Gasteiger partial charge in [0.05, 0.1) is 30.0 Å². The van der Waals surface area contributed by atoms with Crippen molar-refractivity contribution in [3.05, 3.63) is 51.5 Å². The number of hydrogen-bond donors (Lipinski definition) is 0. The van der Waals surface area contributed by atoms with Crippen molar-refractivity contribution in [2.45, 2.75) is 167 Å². The van der Waals surface area contributed by atoms with Crippen LogP contribution < -0.4 is 0 Å². The van der Waals surface area contributed by atoms with Gasteiger partial charge in [-0.05, 0) is 92.3 Å². The third-order valence-electron chi connectivity index (χ3n) is 11.0. The Bertz CT molecular complexity index is 1270. The summed E-state index contributed by atoms with van der Waals surface area (Å²) in [6.45, 7) is 27.8. The zero-order valence-electron chi connectivity index (χ0n) is 31.5. The third kappa shape index (κ3) is 10.7. The lowest BCUT2D eigenvalue weighted by molar-refractivity contribution is 0.0531. The molecule has 1 fully saturated rings. The van der Waals surface area contributed by atoms with Gasteiger partial charge in [0.25, 0.3) is 0 Å². The Labute approximate surface area is 298 Å². The largest absolute Gasteiger partial charge is 0.462 e. The van der Waals surface area contributed by atoms with Gasteiger partial charge in [-0.3, -0.25) is 0 Å². The molecule has 0 radical (unpaired) electrons. The van der Waals surface area contributed by atoms with Gasteiger partial charge in [-0.25, -0.2) is 9.78 Å². The van der Waals surface area contributed by atoms with E-state index in [-0.39, 0.29) is 39.5 Å². The number of nitrogens with zero attached hydrogens (tertiary/aromatic N) is 1. The Kier molecular flexibility index (Phi) is 14.4.